The Kier molecular flexibility index (Phi) is 3.44. The first-order chi connectivity index (χ1) is 9.65. The van der Waals surface area contributed by atoms with E-state index in [1.54, 1.807) is 0 Å². The van der Waals surface area contributed by atoms with Crippen LogP contribution in [0.5, 0.6) is 0 Å². The average molecular weight is 273 g/mol. The molecule has 106 valence electrons. The second-order valence-electron chi connectivity index (χ2n) is 5.43. The molecule has 20 heavy (non-hydrogen) atoms. The molecule has 1 saturated carbocycles. The molecule has 1 aromatic carbocycles. The number of rotatable bonds is 6. The quantitative estimate of drug-likeness (QED) is 0.874. The van der Waals surface area contributed by atoms with Crippen LogP contribution in [0.15, 0.2) is 24.3 Å². The number of carboxylic acid groups (broad SMARTS) is 1. The third-order valence-electron chi connectivity index (χ3n) is 3.86. The maximum Gasteiger partial charge on any atom is 0.304 e. The molecule has 0 radical (unpaired) electrons. The van der Waals surface area contributed by atoms with Gasteiger partial charge in [0.1, 0.15) is 0 Å². The van der Waals surface area contributed by atoms with Crippen LogP contribution in [0.3, 0.4) is 0 Å². The summed E-state index contributed by atoms with van der Waals surface area (Å²) in [6.45, 7) is 1.34. The summed E-state index contributed by atoms with van der Waals surface area (Å²) in [4.78, 5) is 13.0. The molecule has 5 nitrogen and oxygen atoms in total. The number of aliphatic carboxylic acids is 1. The van der Waals surface area contributed by atoms with Gasteiger partial charge in [-0.2, -0.15) is 5.10 Å². The molecule has 0 aliphatic heterocycles. The van der Waals surface area contributed by atoms with Crippen molar-refractivity contribution in [2.75, 3.05) is 6.54 Å². The molecule has 1 fully saturated rings. The van der Waals surface area contributed by atoms with Gasteiger partial charge in [0.25, 0.3) is 0 Å². The van der Waals surface area contributed by atoms with Crippen LogP contribution in [-0.4, -0.2) is 38.3 Å². The zero-order valence-electron chi connectivity index (χ0n) is 11.6. The van der Waals surface area contributed by atoms with Gasteiger partial charge in [-0.05, 0) is 18.9 Å². The van der Waals surface area contributed by atoms with E-state index in [1.165, 1.54) is 12.8 Å². The first-order valence-corrected chi connectivity index (χ1v) is 7.01. The van der Waals surface area contributed by atoms with Gasteiger partial charge in [-0.15, -0.1) is 0 Å². The van der Waals surface area contributed by atoms with E-state index in [9.17, 15) is 4.79 Å². The summed E-state index contributed by atoms with van der Waals surface area (Å²) in [6.07, 6.45) is 2.54. The normalized spacial score (nSPS) is 15.1. The molecule has 1 aliphatic carbocycles. The number of carbonyl (C=O) groups is 1. The van der Waals surface area contributed by atoms with E-state index in [4.69, 9.17) is 5.11 Å². The minimum Gasteiger partial charge on any atom is -0.481 e. The van der Waals surface area contributed by atoms with Crippen molar-refractivity contribution in [3.8, 4) is 0 Å². The second-order valence-corrected chi connectivity index (χ2v) is 5.43. The predicted octanol–water partition coefficient (Wildman–Crippen LogP) is 2.01. The fourth-order valence-corrected chi connectivity index (χ4v) is 2.67. The number of hydrogen-bond acceptors (Lipinski definition) is 3. The fraction of sp³-hybridized carbons (Fsp3) is 0.467. The van der Waals surface area contributed by atoms with Crippen molar-refractivity contribution in [2.24, 2.45) is 7.05 Å². The average Bonchev–Trinajstić information content (AvgIpc) is 3.22. The minimum atomic E-state index is -0.735. The summed E-state index contributed by atoms with van der Waals surface area (Å²) in [5.74, 6) is -0.735. The van der Waals surface area contributed by atoms with Gasteiger partial charge < -0.3 is 5.11 Å². The molecule has 0 bridgehead atoms. The van der Waals surface area contributed by atoms with Gasteiger partial charge in [0.2, 0.25) is 0 Å². The molecule has 0 spiro atoms. The number of carboxylic acids is 1. The lowest BCUT2D eigenvalue weighted by atomic mass is 10.2. The van der Waals surface area contributed by atoms with E-state index in [2.05, 4.69) is 22.1 Å². The van der Waals surface area contributed by atoms with Gasteiger partial charge in [-0.3, -0.25) is 14.4 Å². The van der Waals surface area contributed by atoms with E-state index in [1.807, 2.05) is 23.9 Å². The molecule has 1 aliphatic rings. The predicted molar refractivity (Wildman–Crippen MR) is 76.4 cm³/mol. The molecule has 3 rings (SSSR count). The minimum absolute atomic E-state index is 0.196. The Labute approximate surface area is 117 Å². The number of hydrogen-bond donors (Lipinski definition) is 1. The molecule has 5 heteroatoms. The van der Waals surface area contributed by atoms with Crippen molar-refractivity contribution in [1.82, 2.24) is 14.7 Å². The molecule has 0 unspecified atom stereocenters. The maximum atomic E-state index is 10.8. The third-order valence-corrected chi connectivity index (χ3v) is 3.86. The standard InChI is InChI=1S/C15H19N3O2/c1-17-14-5-3-2-4-12(14)13(16-17)10-18(11-6-7-11)9-8-15(19)20/h2-5,11H,6-10H2,1H3,(H,19,20). The van der Waals surface area contributed by atoms with E-state index in [-0.39, 0.29) is 6.42 Å². The molecule has 0 atom stereocenters. The lowest BCUT2D eigenvalue weighted by molar-refractivity contribution is -0.137. The van der Waals surface area contributed by atoms with Crippen molar-refractivity contribution in [2.45, 2.75) is 31.8 Å². The Morgan fingerprint density at radius 2 is 2.20 bits per heavy atom. The Bertz CT molecular complexity index is 631. The van der Waals surface area contributed by atoms with Crippen LogP contribution in [0.25, 0.3) is 10.9 Å². The number of benzene rings is 1. The molecular weight excluding hydrogens is 254 g/mol. The SMILES string of the molecule is Cn1nc(CN(CCC(=O)O)C2CC2)c2ccccc21. The van der Waals surface area contributed by atoms with E-state index in [0.29, 0.717) is 12.6 Å². The summed E-state index contributed by atoms with van der Waals surface area (Å²) in [5, 5.41) is 14.6. The second kappa shape index (κ2) is 5.25. The largest absolute Gasteiger partial charge is 0.481 e. The van der Waals surface area contributed by atoms with Gasteiger partial charge in [0.05, 0.1) is 17.6 Å². The molecule has 0 amide bonds. The summed E-state index contributed by atoms with van der Waals surface area (Å²) in [5.41, 5.74) is 2.16. The highest BCUT2D eigenvalue weighted by Crippen LogP contribution is 2.29. The Morgan fingerprint density at radius 1 is 1.45 bits per heavy atom. The number of para-hydroxylation sites is 1. The highest BCUT2D eigenvalue weighted by molar-refractivity contribution is 5.81. The first-order valence-electron chi connectivity index (χ1n) is 7.01. The fourth-order valence-electron chi connectivity index (χ4n) is 2.67. The lowest BCUT2D eigenvalue weighted by Crippen LogP contribution is -2.28. The van der Waals surface area contributed by atoms with Gasteiger partial charge in [0.15, 0.2) is 0 Å². The summed E-state index contributed by atoms with van der Waals surface area (Å²) in [7, 11) is 1.95. The van der Waals surface area contributed by atoms with Crippen LogP contribution in [0.1, 0.15) is 25.0 Å². The number of nitrogens with zero attached hydrogens (tertiary/aromatic N) is 3. The van der Waals surface area contributed by atoms with Gasteiger partial charge in [0, 0.05) is 31.6 Å². The highest BCUT2D eigenvalue weighted by Gasteiger charge is 2.30. The molecule has 1 aromatic heterocycles. The van der Waals surface area contributed by atoms with Crippen molar-refractivity contribution in [1.29, 1.82) is 0 Å². The molecular formula is C15H19N3O2. The Balaban J connectivity index is 1.81. The zero-order valence-corrected chi connectivity index (χ0v) is 11.6. The van der Waals surface area contributed by atoms with Gasteiger partial charge in [-0.25, -0.2) is 0 Å². The number of aryl methyl sites for hydroxylation is 1. The molecule has 0 saturated heterocycles. The topological polar surface area (TPSA) is 58.4 Å². The van der Waals surface area contributed by atoms with Crippen molar-refractivity contribution in [3.05, 3.63) is 30.0 Å². The van der Waals surface area contributed by atoms with Crippen LogP contribution in [0, 0.1) is 0 Å². The molecule has 1 heterocycles. The highest BCUT2D eigenvalue weighted by atomic mass is 16.4. The van der Waals surface area contributed by atoms with Crippen LogP contribution in [0.2, 0.25) is 0 Å². The first kappa shape index (κ1) is 13.1. The molecule has 2 aromatic rings. The van der Waals surface area contributed by atoms with Crippen LogP contribution < -0.4 is 0 Å². The number of aromatic nitrogens is 2. The lowest BCUT2D eigenvalue weighted by Gasteiger charge is -2.19. The third kappa shape index (κ3) is 2.67. The van der Waals surface area contributed by atoms with Gasteiger partial charge >= 0.3 is 5.97 Å². The Morgan fingerprint density at radius 3 is 2.90 bits per heavy atom. The zero-order chi connectivity index (χ0) is 14.1. The van der Waals surface area contributed by atoms with Crippen molar-refractivity contribution in [3.63, 3.8) is 0 Å². The number of fused-ring (bicyclic) bond motifs is 1. The summed E-state index contributed by atoms with van der Waals surface area (Å²) >= 11 is 0. The van der Waals surface area contributed by atoms with Gasteiger partial charge in [-0.1, -0.05) is 18.2 Å². The van der Waals surface area contributed by atoms with E-state index < -0.39 is 5.97 Å². The van der Waals surface area contributed by atoms with Crippen molar-refractivity contribution >= 4 is 16.9 Å². The maximum absolute atomic E-state index is 10.8. The van der Waals surface area contributed by atoms with Crippen LogP contribution >= 0.6 is 0 Å². The smallest absolute Gasteiger partial charge is 0.304 e. The Hall–Kier alpha value is -1.88. The van der Waals surface area contributed by atoms with E-state index >= 15 is 0 Å². The summed E-state index contributed by atoms with van der Waals surface area (Å²) < 4.78 is 1.90. The summed E-state index contributed by atoms with van der Waals surface area (Å²) in [6, 6.07) is 8.71. The van der Waals surface area contributed by atoms with E-state index in [0.717, 1.165) is 23.1 Å². The van der Waals surface area contributed by atoms with Crippen molar-refractivity contribution < 1.29 is 9.90 Å². The monoisotopic (exact) mass is 273 g/mol. The molecule has 1 N–H and O–H groups in total. The van der Waals surface area contributed by atoms with Crippen LogP contribution in [0.4, 0.5) is 0 Å². The van der Waals surface area contributed by atoms with Crippen LogP contribution in [-0.2, 0) is 18.4 Å².